The lowest BCUT2D eigenvalue weighted by molar-refractivity contribution is -0.384. The number of aliphatic hydroxyl groups excluding tert-OH is 2. The van der Waals surface area contributed by atoms with Crippen molar-refractivity contribution in [3.05, 3.63) is 34.4 Å². The van der Waals surface area contributed by atoms with Crippen LogP contribution in [0.5, 0.6) is 0 Å². The van der Waals surface area contributed by atoms with Gasteiger partial charge in [0.15, 0.2) is 0 Å². The van der Waals surface area contributed by atoms with Crippen LogP contribution in [0.2, 0.25) is 0 Å². The van der Waals surface area contributed by atoms with E-state index in [-0.39, 0.29) is 18.8 Å². The van der Waals surface area contributed by atoms with E-state index in [9.17, 15) is 10.1 Å². The Hall–Kier alpha value is -1.66. The van der Waals surface area contributed by atoms with Crippen LogP contribution in [0, 0.1) is 10.1 Å². The van der Waals surface area contributed by atoms with E-state index in [2.05, 4.69) is 5.32 Å². The fourth-order valence-corrected chi connectivity index (χ4v) is 1.00. The fraction of sp³-hybridized carbons (Fsp3) is 0.333. The first kappa shape index (κ1) is 11.4. The number of hydrogen-bond donors (Lipinski definition) is 3. The minimum atomic E-state index is -0.833. The molecular formula is C9H12N2O4. The number of aliphatic hydroxyl groups is 2. The Labute approximate surface area is 86.3 Å². The number of nitrogens with one attached hydrogen (secondary N) is 1. The number of nitro groups is 1. The van der Waals surface area contributed by atoms with Crippen LogP contribution in [-0.4, -0.2) is 34.4 Å². The van der Waals surface area contributed by atoms with Gasteiger partial charge in [-0.15, -0.1) is 0 Å². The summed E-state index contributed by atoms with van der Waals surface area (Å²) < 4.78 is 0. The van der Waals surface area contributed by atoms with Crippen LogP contribution in [0.4, 0.5) is 11.4 Å². The minimum absolute atomic E-state index is 0.0169. The summed E-state index contributed by atoms with van der Waals surface area (Å²) in [4.78, 5) is 9.86. The maximum Gasteiger partial charge on any atom is 0.269 e. The Morgan fingerprint density at radius 3 is 2.47 bits per heavy atom. The first-order chi connectivity index (χ1) is 7.13. The predicted octanol–water partition coefficient (Wildman–Crippen LogP) is 0.360. The SMILES string of the molecule is O=[N+]([O-])c1ccc(NCC(O)CO)cc1. The number of benzene rings is 1. The number of non-ortho nitro benzene ring substituents is 1. The third-order valence-corrected chi connectivity index (χ3v) is 1.83. The van der Waals surface area contributed by atoms with E-state index in [1.165, 1.54) is 12.1 Å². The van der Waals surface area contributed by atoms with Gasteiger partial charge in [0.25, 0.3) is 5.69 Å². The molecule has 0 aliphatic heterocycles. The average molecular weight is 212 g/mol. The molecule has 6 nitrogen and oxygen atoms in total. The van der Waals surface area contributed by atoms with Crippen molar-refractivity contribution < 1.29 is 15.1 Å². The van der Waals surface area contributed by atoms with Gasteiger partial charge in [-0.1, -0.05) is 0 Å². The molecule has 1 unspecified atom stereocenters. The summed E-state index contributed by atoms with van der Waals surface area (Å²) in [5, 5.41) is 30.8. The zero-order valence-corrected chi connectivity index (χ0v) is 7.96. The van der Waals surface area contributed by atoms with Gasteiger partial charge in [0, 0.05) is 24.4 Å². The highest BCUT2D eigenvalue weighted by Crippen LogP contribution is 2.15. The lowest BCUT2D eigenvalue weighted by Crippen LogP contribution is -2.22. The van der Waals surface area contributed by atoms with Crippen LogP contribution in [0.25, 0.3) is 0 Å². The lowest BCUT2D eigenvalue weighted by atomic mass is 10.2. The molecular weight excluding hydrogens is 200 g/mol. The molecule has 0 saturated carbocycles. The van der Waals surface area contributed by atoms with E-state index < -0.39 is 11.0 Å². The highest BCUT2D eigenvalue weighted by molar-refractivity contribution is 5.48. The predicted molar refractivity (Wildman–Crippen MR) is 54.7 cm³/mol. The second-order valence-corrected chi connectivity index (χ2v) is 3.02. The summed E-state index contributed by atoms with van der Waals surface area (Å²) >= 11 is 0. The molecule has 0 fully saturated rings. The molecule has 0 spiro atoms. The third kappa shape index (κ3) is 3.53. The number of anilines is 1. The van der Waals surface area contributed by atoms with Crippen molar-refractivity contribution in [2.24, 2.45) is 0 Å². The van der Waals surface area contributed by atoms with E-state index in [0.29, 0.717) is 5.69 Å². The van der Waals surface area contributed by atoms with Gasteiger partial charge < -0.3 is 15.5 Å². The van der Waals surface area contributed by atoms with Crippen molar-refractivity contribution in [3.63, 3.8) is 0 Å². The largest absolute Gasteiger partial charge is 0.394 e. The molecule has 0 saturated heterocycles. The molecule has 0 aliphatic carbocycles. The van der Waals surface area contributed by atoms with Crippen LogP contribution in [0.3, 0.4) is 0 Å². The van der Waals surface area contributed by atoms with Crippen molar-refractivity contribution >= 4 is 11.4 Å². The zero-order chi connectivity index (χ0) is 11.3. The fourth-order valence-electron chi connectivity index (χ4n) is 1.00. The molecule has 1 aromatic carbocycles. The summed E-state index contributed by atoms with van der Waals surface area (Å²) in [5.74, 6) is 0. The molecule has 1 atom stereocenters. The molecule has 0 bridgehead atoms. The Bertz CT molecular complexity index is 325. The molecule has 1 rings (SSSR count). The molecule has 82 valence electrons. The van der Waals surface area contributed by atoms with Crippen molar-refractivity contribution in [2.75, 3.05) is 18.5 Å². The number of rotatable bonds is 5. The van der Waals surface area contributed by atoms with Crippen LogP contribution in [0.1, 0.15) is 0 Å². The molecule has 0 radical (unpaired) electrons. The van der Waals surface area contributed by atoms with Crippen LogP contribution >= 0.6 is 0 Å². The molecule has 0 amide bonds. The molecule has 0 heterocycles. The summed E-state index contributed by atoms with van der Waals surface area (Å²) in [7, 11) is 0. The van der Waals surface area contributed by atoms with Gasteiger partial charge in [0.2, 0.25) is 0 Å². The Morgan fingerprint density at radius 2 is 2.00 bits per heavy atom. The van der Waals surface area contributed by atoms with Gasteiger partial charge in [0.05, 0.1) is 17.6 Å². The topological polar surface area (TPSA) is 95.6 Å². The standard InChI is InChI=1S/C9H12N2O4/c12-6-9(13)5-10-7-1-3-8(4-2-7)11(14)15/h1-4,9-10,12-13H,5-6H2. The first-order valence-corrected chi connectivity index (χ1v) is 4.40. The van der Waals surface area contributed by atoms with Crippen molar-refractivity contribution in [1.82, 2.24) is 0 Å². The lowest BCUT2D eigenvalue weighted by Gasteiger charge is -2.09. The Kier molecular flexibility index (Phi) is 4.02. The highest BCUT2D eigenvalue weighted by Gasteiger charge is 2.05. The molecule has 0 aromatic heterocycles. The number of hydrogen-bond acceptors (Lipinski definition) is 5. The van der Waals surface area contributed by atoms with Crippen LogP contribution in [-0.2, 0) is 0 Å². The highest BCUT2D eigenvalue weighted by atomic mass is 16.6. The van der Waals surface area contributed by atoms with Crippen molar-refractivity contribution in [2.45, 2.75) is 6.10 Å². The molecule has 3 N–H and O–H groups in total. The van der Waals surface area contributed by atoms with Gasteiger partial charge in [0.1, 0.15) is 0 Å². The molecule has 0 aliphatic rings. The van der Waals surface area contributed by atoms with Gasteiger partial charge in [-0.2, -0.15) is 0 Å². The van der Waals surface area contributed by atoms with Crippen LogP contribution < -0.4 is 5.32 Å². The zero-order valence-electron chi connectivity index (χ0n) is 7.96. The average Bonchev–Trinajstić information content (AvgIpc) is 2.26. The molecule has 1 aromatic rings. The maximum atomic E-state index is 10.3. The second-order valence-electron chi connectivity index (χ2n) is 3.02. The van der Waals surface area contributed by atoms with E-state index in [4.69, 9.17) is 10.2 Å². The second kappa shape index (κ2) is 5.28. The Balaban J connectivity index is 2.53. The molecule has 6 heteroatoms. The van der Waals surface area contributed by atoms with E-state index >= 15 is 0 Å². The normalized spacial score (nSPS) is 12.1. The maximum absolute atomic E-state index is 10.3. The summed E-state index contributed by atoms with van der Waals surface area (Å²) in [5.41, 5.74) is 0.677. The first-order valence-electron chi connectivity index (χ1n) is 4.40. The van der Waals surface area contributed by atoms with E-state index in [1.54, 1.807) is 12.1 Å². The molecule has 15 heavy (non-hydrogen) atoms. The smallest absolute Gasteiger partial charge is 0.269 e. The Morgan fingerprint density at radius 1 is 1.40 bits per heavy atom. The van der Waals surface area contributed by atoms with Gasteiger partial charge in [-0.05, 0) is 12.1 Å². The number of nitro benzene ring substituents is 1. The minimum Gasteiger partial charge on any atom is -0.394 e. The third-order valence-electron chi connectivity index (χ3n) is 1.83. The van der Waals surface area contributed by atoms with E-state index in [1.807, 2.05) is 0 Å². The van der Waals surface area contributed by atoms with Gasteiger partial charge in [-0.25, -0.2) is 0 Å². The number of nitrogens with zero attached hydrogens (tertiary/aromatic N) is 1. The quantitative estimate of drug-likeness (QED) is 0.483. The van der Waals surface area contributed by atoms with Gasteiger partial charge >= 0.3 is 0 Å². The summed E-state index contributed by atoms with van der Waals surface area (Å²) in [6, 6.07) is 5.83. The van der Waals surface area contributed by atoms with Gasteiger partial charge in [-0.3, -0.25) is 10.1 Å². The van der Waals surface area contributed by atoms with Crippen molar-refractivity contribution in [1.29, 1.82) is 0 Å². The van der Waals surface area contributed by atoms with Crippen LogP contribution in [0.15, 0.2) is 24.3 Å². The van der Waals surface area contributed by atoms with Crippen molar-refractivity contribution in [3.8, 4) is 0 Å². The summed E-state index contributed by atoms with van der Waals surface area (Å²) in [6.45, 7) is -0.117. The monoisotopic (exact) mass is 212 g/mol. The van der Waals surface area contributed by atoms with E-state index in [0.717, 1.165) is 0 Å². The summed E-state index contributed by atoms with van der Waals surface area (Å²) in [6.07, 6.45) is -0.833.